The maximum absolute atomic E-state index is 11.9. The summed E-state index contributed by atoms with van der Waals surface area (Å²) in [5.74, 6) is -0.0502. The van der Waals surface area contributed by atoms with Gasteiger partial charge in [0.1, 0.15) is 0 Å². The van der Waals surface area contributed by atoms with Crippen LogP contribution in [0.1, 0.15) is 35.8 Å². The van der Waals surface area contributed by atoms with Crippen LogP contribution in [0.15, 0.2) is 43.0 Å². The average molecular weight is 241 g/mol. The van der Waals surface area contributed by atoms with Crippen molar-refractivity contribution in [3.63, 3.8) is 0 Å². The second-order valence-corrected chi connectivity index (χ2v) is 4.29. The molecule has 0 saturated carbocycles. The predicted octanol–water partition coefficient (Wildman–Crippen LogP) is 2.76. The van der Waals surface area contributed by atoms with Gasteiger partial charge in [-0.3, -0.25) is 14.5 Å². The maximum Gasteiger partial charge on any atom is 0.189 e. The number of hydrogen-bond acceptors (Lipinski definition) is 3. The lowest BCUT2D eigenvalue weighted by molar-refractivity contribution is 0.104. The van der Waals surface area contributed by atoms with Gasteiger partial charge in [-0.15, -0.1) is 0 Å². The molecule has 4 nitrogen and oxygen atoms in total. The van der Waals surface area contributed by atoms with Crippen LogP contribution in [0.3, 0.4) is 0 Å². The first-order valence-corrected chi connectivity index (χ1v) is 5.83. The van der Waals surface area contributed by atoms with Crippen molar-refractivity contribution in [1.29, 1.82) is 0 Å². The molecule has 0 aliphatic rings. The highest BCUT2D eigenvalue weighted by atomic mass is 16.1. The Balaban J connectivity index is 2.10. The third kappa shape index (κ3) is 2.91. The molecule has 92 valence electrons. The van der Waals surface area contributed by atoms with Crippen LogP contribution < -0.4 is 0 Å². The molecule has 0 aromatic carbocycles. The highest BCUT2D eigenvalue weighted by Crippen LogP contribution is 2.07. The summed E-state index contributed by atoms with van der Waals surface area (Å²) in [5, 5.41) is 4.14. The summed E-state index contributed by atoms with van der Waals surface area (Å²) < 4.78 is 1.77. The van der Waals surface area contributed by atoms with E-state index in [1.165, 1.54) is 0 Å². The van der Waals surface area contributed by atoms with E-state index in [0.717, 1.165) is 5.56 Å². The van der Waals surface area contributed by atoms with Gasteiger partial charge >= 0.3 is 0 Å². The molecule has 0 saturated heterocycles. The van der Waals surface area contributed by atoms with E-state index in [1.54, 1.807) is 41.6 Å². The summed E-state index contributed by atoms with van der Waals surface area (Å²) >= 11 is 0. The standard InChI is InChI=1S/C14H15N3O/c1-11(2)17-10-13(9-16-17)14(18)6-5-12-4-3-7-15-8-12/h3-11H,1-2H3/b6-5-. The first-order chi connectivity index (χ1) is 8.66. The SMILES string of the molecule is CC(C)n1cc(C(=O)/C=C\c2cccnc2)cn1. The minimum Gasteiger partial charge on any atom is -0.289 e. The molecule has 0 N–H and O–H groups in total. The Bertz CT molecular complexity index is 555. The first-order valence-electron chi connectivity index (χ1n) is 5.83. The van der Waals surface area contributed by atoms with E-state index in [9.17, 15) is 4.79 Å². The summed E-state index contributed by atoms with van der Waals surface area (Å²) in [6.07, 6.45) is 10.1. The van der Waals surface area contributed by atoms with Gasteiger partial charge in [0.05, 0.1) is 11.8 Å². The third-order valence-corrected chi connectivity index (χ3v) is 2.53. The molecule has 2 rings (SSSR count). The molecule has 0 spiro atoms. The predicted molar refractivity (Wildman–Crippen MR) is 70.2 cm³/mol. The Morgan fingerprint density at radius 2 is 2.22 bits per heavy atom. The molecule has 0 fully saturated rings. The average Bonchev–Trinajstić information content (AvgIpc) is 2.87. The molecule has 2 aromatic heterocycles. The Hall–Kier alpha value is -2.23. The third-order valence-electron chi connectivity index (χ3n) is 2.53. The summed E-state index contributed by atoms with van der Waals surface area (Å²) in [4.78, 5) is 15.9. The van der Waals surface area contributed by atoms with Crippen LogP contribution in [0.2, 0.25) is 0 Å². The normalized spacial score (nSPS) is 11.3. The van der Waals surface area contributed by atoms with Crippen LogP contribution in [-0.4, -0.2) is 20.5 Å². The quantitative estimate of drug-likeness (QED) is 0.611. The van der Waals surface area contributed by atoms with Gasteiger partial charge in [-0.2, -0.15) is 5.10 Å². The highest BCUT2D eigenvalue weighted by molar-refractivity contribution is 6.06. The Morgan fingerprint density at radius 3 is 2.83 bits per heavy atom. The van der Waals surface area contributed by atoms with Crippen LogP contribution in [0.25, 0.3) is 6.08 Å². The minimum atomic E-state index is -0.0502. The fourth-order valence-electron chi connectivity index (χ4n) is 1.49. The van der Waals surface area contributed by atoms with E-state index in [4.69, 9.17) is 0 Å². The van der Waals surface area contributed by atoms with E-state index in [1.807, 2.05) is 26.0 Å². The molecule has 2 heterocycles. The number of carbonyl (C=O) groups excluding carboxylic acids is 1. The highest BCUT2D eigenvalue weighted by Gasteiger charge is 2.06. The molecule has 0 atom stereocenters. The van der Waals surface area contributed by atoms with Gasteiger partial charge in [0.2, 0.25) is 0 Å². The smallest absolute Gasteiger partial charge is 0.189 e. The molecule has 0 aliphatic carbocycles. The lowest BCUT2D eigenvalue weighted by Gasteiger charge is -2.02. The van der Waals surface area contributed by atoms with Crippen molar-refractivity contribution in [2.75, 3.05) is 0 Å². The van der Waals surface area contributed by atoms with Gasteiger partial charge in [0, 0.05) is 24.6 Å². The zero-order chi connectivity index (χ0) is 13.0. The fraction of sp³-hybridized carbons (Fsp3) is 0.214. The van der Waals surface area contributed by atoms with Crippen LogP contribution in [-0.2, 0) is 0 Å². The van der Waals surface area contributed by atoms with Crippen molar-refractivity contribution in [3.05, 3.63) is 54.1 Å². The Labute approximate surface area is 106 Å². The van der Waals surface area contributed by atoms with Crippen LogP contribution in [0, 0.1) is 0 Å². The molecular weight excluding hydrogens is 226 g/mol. The summed E-state index contributed by atoms with van der Waals surface area (Å²) in [7, 11) is 0. The number of carbonyl (C=O) groups is 1. The lowest BCUT2D eigenvalue weighted by atomic mass is 10.2. The Kier molecular flexibility index (Phi) is 3.67. The van der Waals surface area contributed by atoms with Gasteiger partial charge in [0.15, 0.2) is 5.78 Å². The van der Waals surface area contributed by atoms with Crippen molar-refractivity contribution >= 4 is 11.9 Å². The Morgan fingerprint density at radius 1 is 1.39 bits per heavy atom. The van der Waals surface area contributed by atoms with E-state index in [2.05, 4.69) is 10.1 Å². The van der Waals surface area contributed by atoms with Gasteiger partial charge in [-0.25, -0.2) is 0 Å². The lowest BCUT2D eigenvalue weighted by Crippen LogP contribution is -2.00. The fourth-order valence-corrected chi connectivity index (χ4v) is 1.49. The van der Waals surface area contributed by atoms with Gasteiger partial charge < -0.3 is 0 Å². The second-order valence-electron chi connectivity index (χ2n) is 4.29. The molecular formula is C14H15N3O. The van der Waals surface area contributed by atoms with Crippen LogP contribution in [0.4, 0.5) is 0 Å². The minimum absolute atomic E-state index is 0.0502. The van der Waals surface area contributed by atoms with Crippen molar-refractivity contribution in [1.82, 2.24) is 14.8 Å². The summed E-state index contributed by atoms with van der Waals surface area (Å²) in [6, 6.07) is 3.99. The number of ketones is 1. The monoisotopic (exact) mass is 241 g/mol. The zero-order valence-corrected chi connectivity index (χ0v) is 10.4. The second kappa shape index (κ2) is 5.40. The van der Waals surface area contributed by atoms with Crippen molar-refractivity contribution in [3.8, 4) is 0 Å². The number of rotatable bonds is 4. The van der Waals surface area contributed by atoms with E-state index in [-0.39, 0.29) is 11.8 Å². The summed E-state index contributed by atoms with van der Waals surface area (Å²) in [6.45, 7) is 4.04. The van der Waals surface area contributed by atoms with Crippen molar-refractivity contribution in [2.45, 2.75) is 19.9 Å². The van der Waals surface area contributed by atoms with Crippen LogP contribution in [0.5, 0.6) is 0 Å². The largest absolute Gasteiger partial charge is 0.289 e. The van der Waals surface area contributed by atoms with Crippen molar-refractivity contribution in [2.24, 2.45) is 0 Å². The van der Waals surface area contributed by atoms with Gasteiger partial charge in [0.25, 0.3) is 0 Å². The zero-order valence-electron chi connectivity index (χ0n) is 10.4. The van der Waals surface area contributed by atoms with E-state index < -0.39 is 0 Å². The molecule has 4 heteroatoms. The topological polar surface area (TPSA) is 47.8 Å². The molecule has 0 unspecified atom stereocenters. The molecule has 0 radical (unpaired) electrons. The number of hydrogen-bond donors (Lipinski definition) is 0. The number of nitrogens with zero attached hydrogens (tertiary/aromatic N) is 3. The number of aromatic nitrogens is 3. The molecule has 18 heavy (non-hydrogen) atoms. The number of pyridine rings is 1. The van der Waals surface area contributed by atoms with Crippen LogP contribution >= 0.6 is 0 Å². The van der Waals surface area contributed by atoms with E-state index >= 15 is 0 Å². The van der Waals surface area contributed by atoms with Crippen molar-refractivity contribution < 1.29 is 4.79 Å². The number of allylic oxidation sites excluding steroid dienone is 1. The summed E-state index contributed by atoms with van der Waals surface area (Å²) in [5.41, 5.74) is 1.51. The maximum atomic E-state index is 11.9. The molecule has 2 aromatic rings. The van der Waals surface area contributed by atoms with E-state index in [0.29, 0.717) is 5.56 Å². The molecule has 0 amide bonds. The first kappa shape index (κ1) is 12.2. The molecule has 0 bridgehead atoms. The van der Waals surface area contributed by atoms with Gasteiger partial charge in [-0.05, 0) is 37.6 Å². The molecule has 0 aliphatic heterocycles. The van der Waals surface area contributed by atoms with Gasteiger partial charge in [-0.1, -0.05) is 6.07 Å².